The van der Waals surface area contributed by atoms with Gasteiger partial charge in [-0.1, -0.05) is 6.92 Å². The molecule has 1 aliphatic heterocycles. The second-order valence-electron chi connectivity index (χ2n) is 6.36. The standard InChI is InChI=1S/C15H20N2O6S/c1-9-5-13(17(20)21)11(3)14(6-9)24(22,23)16-7-10(2)4-12(8-16)15(18)19/h5-6,10,12H,4,7-8H2,1-3H3,(H,18,19). The second-order valence-corrected chi connectivity index (χ2v) is 8.27. The van der Waals surface area contributed by atoms with E-state index in [-0.39, 0.29) is 35.2 Å². The minimum atomic E-state index is -4.01. The number of hydrogen-bond acceptors (Lipinski definition) is 5. The van der Waals surface area contributed by atoms with Crippen LogP contribution >= 0.6 is 0 Å². The minimum Gasteiger partial charge on any atom is -0.481 e. The van der Waals surface area contributed by atoms with Crippen LogP contribution in [0.3, 0.4) is 0 Å². The number of carboxylic acid groups (broad SMARTS) is 1. The highest BCUT2D eigenvalue weighted by atomic mass is 32.2. The monoisotopic (exact) mass is 356 g/mol. The van der Waals surface area contributed by atoms with E-state index in [4.69, 9.17) is 0 Å². The van der Waals surface area contributed by atoms with Crippen molar-refractivity contribution in [1.82, 2.24) is 4.31 Å². The Kier molecular flexibility index (Phi) is 4.95. The SMILES string of the molecule is Cc1cc([N+](=O)[O-])c(C)c(S(=O)(=O)N2CC(C)CC(C(=O)O)C2)c1. The van der Waals surface area contributed by atoms with E-state index in [0.717, 1.165) is 4.31 Å². The van der Waals surface area contributed by atoms with Gasteiger partial charge in [0.15, 0.2) is 0 Å². The maximum Gasteiger partial charge on any atom is 0.307 e. The average Bonchev–Trinajstić information content (AvgIpc) is 2.48. The molecule has 24 heavy (non-hydrogen) atoms. The zero-order valence-electron chi connectivity index (χ0n) is 13.7. The Labute approximate surface area is 140 Å². The summed E-state index contributed by atoms with van der Waals surface area (Å²) in [6.07, 6.45) is 0.411. The summed E-state index contributed by atoms with van der Waals surface area (Å²) < 4.78 is 27.0. The van der Waals surface area contributed by atoms with Gasteiger partial charge >= 0.3 is 5.97 Å². The molecule has 0 amide bonds. The van der Waals surface area contributed by atoms with Crippen LogP contribution in [0.1, 0.15) is 24.5 Å². The zero-order chi connectivity index (χ0) is 18.2. The quantitative estimate of drug-likeness (QED) is 0.650. The summed E-state index contributed by atoms with van der Waals surface area (Å²) in [5, 5.41) is 20.4. The molecule has 9 heteroatoms. The fourth-order valence-corrected chi connectivity index (χ4v) is 5.01. The number of carbonyl (C=O) groups is 1. The fourth-order valence-electron chi connectivity index (χ4n) is 3.08. The van der Waals surface area contributed by atoms with Crippen molar-refractivity contribution in [3.05, 3.63) is 33.4 Å². The van der Waals surface area contributed by atoms with Crippen LogP contribution in [0.15, 0.2) is 17.0 Å². The van der Waals surface area contributed by atoms with Crippen LogP contribution in [0.25, 0.3) is 0 Å². The summed E-state index contributed by atoms with van der Waals surface area (Å²) >= 11 is 0. The summed E-state index contributed by atoms with van der Waals surface area (Å²) in [4.78, 5) is 21.7. The molecule has 132 valence electrons. The van der Waals surface area contributed by atoms with Gasteiger partial charge in [-0.3, -0.25) is 14.9 Å². The lowest BCUT2D eigenvalue weighted by molar-refractivity contribution is -0.385. The molecule has 1 fully saturated rings. The van der Waals surface area contributed by atoms with E-state index in [1.54, 1.807) is 13.8 Å². The van der Waals surface area contributed by atoms with Gasteiger partial charge < -0.3 is 5.11 Å². The molecule has 1 aliphatic rings. The lowest BCUT2D eigenvalue weighted by Gasteiger charge is -2.34. The maximum absolute atomic E-state index is 13.0. The van der Waals surface area contributed by atoms with Gasteiger partial charge in [0.2, 0.25) is 10.0 Å². The lowest BCUT2D eigenvalue weighted by atomic mass is 9.92. The highest BCUT2D eigenvalue weighted by Crippen LogP contribution is 2.32. The maximum atomic E-state index is 13.0. The van der Waals surface area contributed by atoms with Gasteiger partial charge in [0, 0.05) is 24.7 Å². The van der Waals surface area contributed by atoms with Crippen molar-refractivity contribution in [1.29, 1.82) is 0 Å². The molecule has 0 spiro atoms. The van der Waals surface area contributed by atoms with E-state index in [1.807, 2.05) is 0 Å². The number of carboxylic acids is 1. The number of aliphatic carboxylic acids is 1. The summed E-state index contributed by atoms with van der Waals surface area (Å²) in [6, 6.07) is 2.72. The third-order valence-electron chi connectivity index (χ3n) is 4.27. The van der Waals surface area contributed by atoms with Gasteiger partial charge in [-0.05, 0) is 37.8 Å². The largest absolute Gasteiger partial charge is 0.481 e. The first-order chi connectivity index (χ1) is 11.0. The van der Waals surface area contributed by atoms with Gasteiger partial charge in [-0.2, -0.15) is 4.31 Å². The second kappa shape index (κ2) is 6.48. The van der Waals surface area contributed by atoms with Crippen LogP contribution in [0.4, 0.5) is 5.69 Å². The normalized spacial score (nSPS) is 22.3. The van der Waals surface area contributed by atoms with Crippen LogP contribution in [0.5, 0.6) is 0 Å². The lowest BCUT2D eigenvalue weighted by Crippen LogP contribution is -2.45. The van der Waals surface area contributed by atoms with Crippen LogP contribution in [-0.4, -0.2) is 41.8 Å². The molecule has 0 radical (unpaired) electrons. The first kappa shape index (κ1) is 18.3. The van der Waals surface area contributed by atoms with Crippen molar-refractivity contribution < 1.29 is 23.2 Å². The van der Waals surface area contributed by atoms with E-state index in [2.05, 4.69) is 0 Å². The topological polar surface area (TPSA) is 118 Å². The summed E-state index contributed by atoms with van der Waals surface area (Å²) in [5.41, 5.74) is 0.273. The predicted molar refractivity (Wildman–Crippen MR) is 86.2 cm³/mol. The van der Waals surface area contributed by atoms with E-state index >= 15 is 0 Å². The highest BCUT2D eigenvalue weighted by molar-refractivity contribution is 7.89. The minimum absolute atomic E-state index is 0.0655. The molecule has 1 aromatic carbocycles. The van der Waals surface area contributed by atoms with Crippen molar-refractivity contribution >= 4 is 21.7 Å². The molecule has 0 aliphatic carbocycles. The zero-order valence-corrected chi connectivity index (χ0v) is 14.5. The molecule has 8 nitrogen and oxygen atoms in total. The number of rotatable bonds is 4. The third kappa shape index (κ3) is 3.41. The Morgan fingerprint density at radius 2 is 1.96 bits per heavy atom. The van der Waals surface area contributed by atoms with Crippen LogP contribution in [0.2, 0.25) is 0 Å². The molecule has 1 heterocycles. The van der Waals surface area contributed by atoms with Gasteiger partial charge in [0.1, 0.15) is 0 Å². The van der Waals surface area contributed by atoms with Crippen LogP contribution in [-0.2, 0) is 14.8 Å². The predicted octanol–water partition coefficient (Wildman–Crippen LogP) is 1.94. The molecule has 0 aromatic heterocycles. The number of nitrogens with zero attached hydrogens (tertiary/aromatic N) is 2. The summed E-state index contributed by atoms with van der Waals surface area (Å²) in [5.74, 6) is -1.91. The molecule has 1 N–H and O–H groups in total. The van der Waals surface area contributed by atoms with Gasteiger partial charge in [0.25, 0.3) is 5.69 Å². The first-order valence-electron chi connectivity index (χ1n) is 7.52. The van der Waals surface area contributed by atoms with E-state index in [9.17, 15) is 28.4 Å². The van der Waals surface area contributed by atoms with Crippen molar-refractivity contribution in [3.63, 3.8) is 0 Å². The molecule has 1 saturated heterocycles. The first-order valence-corrected chi connectivity index (χ1v) is 8.96. The Hall–Kier alpha value is -2.00. The molecule has 0 saturated carbocycles. The van der Waals surface area contributed by atoms with E-state index in [1.165, 1.54) is 19.1 Å². The molecule has 1 aromatic rings. The van der Waals surface area contributed by atoms with Crippen molar-refractivity contribution in [2.24, 2.45) is 11.8 Å². The third-order valence-corrected chi connectivity index (χ3v) is 6.22. The number of nitro groups is 1. The van der Waals surface area contributed by atoms with Crippen molar-refractivity contribution in [3.8, 4) is 0 Å². The Morgan fingerprint density at radius 1 is 1.33 bits per heavy atom. The smallest absolute Gasteiger partial charge is 0.307 e. The molecule has 2 atom stereocenters. The van der Waals surface area contributed by atoms with Gasteiger partial charge in [-0.25, -0.2) is 8.42 Å². The van der Waals surface area contributed by atoms with Crippen molar-refractivity contribution in [2.75, 3.05) is 13.1 Å². The van der Waals surface area contributed by atoms with E-state index in [0.29, 0.717) is 12.0 Å². The number of nitro benzene ring substituents is 1. The highest BCUT2D eigenvalue weighted by Gasteiger charge is 2.37. The van der Waals surface area contributed by atoms with Gasteiger partial charge in [-0.15, -0.1) is 0 Å². The Morgan fingerprint density at radius 3 is 2.50 bits per heavy atom. The number of piperidine rings is 1. The Balaban J connectivity index is 2.51. The van der Waals surface area contributed by atoms with Crippen molar-refractivity contribution in [2.45, 2.75) is 32.1 Å². The Bertz CT molecular complexity index is 789. The number of hydrogen-bond donors (Lipinski definition) is 1. The molecule has 2 rings (SSSR count). The van der Waals surface area contributed by atoms with E-state index < -0.39 is 26.8 Å². The average molecular weight is 356 g/mol. The number of aryl methyl sites for hydroxylation is 1. The van der Waals surface area contributed by atoms with Gasteiger partial charge in [0.05, 0.1) is 15.7 Å². The molecule has 0 bridgehead atoms. The summed E-state index contributed by atoms with van der Waals surface area (Å²) in [7, 11) is -4.01. The molecule has 2 unspecified atom stereocenters. The fraction of sp³-hybridized carbons (Fsp3) is 0.533. The summed E-state index contributed by atoms with van der Waals surface area (Å²) in [6.45, 7) is 4.86. The van der Waals surface area contributed by atoms with Crippen LogP contribution < -0.4 is 0 Å². The van der Waals surface area contributed by atoms with Crippen LogP contribution in [0, 0.1) is 35.8 Å². The molecular formula is C15H20N2O6S. The number of sulfonamides is 1. The number of benzene rings is 1. The molecular weight excluding hydrogens is 336 g/mol.